The quantitative estimate of drug-likeness (QED) is 0.748. The van der Waals surface area contributed by atoms with E-state index in [4.69, 9.17) is 10.5 Å². The van der Waals surface area contributed by atoms with Crippen LogP contribution in [0.1, 0.15) is 19.3 Å². The SMILES string of the molecule is Nc1cncnc1NC1CC2CCC1O2. The number of fused-ring (bicyclic) bond motifs is 2. The lowest BCUT2D eigenvalue weighted by atomic mass is 9.95. The Labute approximate surface area is 88.1 Å². The maximum Gasteiger partial charge on any atom is 0.152 e. The van der Waals surface area contributed by atoms with E-state index >= 15 is 0 Å². The van der Waals surface area contributed by atoms with E-state index in [0.717, 1.165) is 18.7 Å². The third-order valence-electron chi connectivity index (χ3n) is 3.17. The molecule has 3 rings (SSSR count). The highest BCUT2D eigenvalue weighted by Gasteiger charge is 2.40. The zero-order valence-corrected chi connectivity index (χ0v) is 8.39. The fraction of sp³-hybridized carbons (Fsp3) is 0.600. The average molecular weight is 206 g/mol. The summed E-state index contributed by atoms with van der Waals surface area (Å²) in [7, 11) is 0. The molecule has 1 aromatic rings. The van der Waals surface area contributed by atoms with Crippen molar-refractivity contribution in [2.75, 3.05) is 11.1 Å². The predicted octanol–water partition coefficient (Wildman–Crippen LogP) is 0.791. The van der Waals surface area contributed by atoms with Crippen molar-refractivity contribution in [2.24, 2.45) is 0 Å². The monoisotopic (exact) mass is 206 g/mol. The first-order valence-electron chi connectivity index (χ1n) is 5.30. The first-order valence-corrected chi connectivity index (χ1v) is 5.30. The Balaban J connectivity index is 1.73. The number of aromatic nitrogens is 2. The fourth-order valence-electron chi connectivity index (χ4n) is 2.43. The van der Waals surface area contributed by atoms with Gasteiger partial charge in [0.15, 0.2) is 5.82 Å². The van der Waals surface area contributed by atoms with Crippen LogP contribution in [0.5, 0.6) is 0 Å². The van der Waals surface area contributed by atoms with E-state index in [1.807, 2.05) is 0 Å². The first kappa shape index (κ1) is 8.91. The summed E-state index contributed by atoms with van der Waals surface area (Å²) in [6.45, 7) is 0. The number of nitrogens with one attached hydrogen (secondary N) is 1. The van der Waals surface area contributed by atoms with Crippen LogP contribution in [0.4, 0.5) is 11.5 Å². The summed E-state index contributed by atoms with van der Waals surface area (Å²) in [6, 6.07) is 0.362. The minimum Gasteiger partial charge on any atom is -0.394 e. The van der Waals surface area contributed by atoms with Gasteiger partial charge in [-0.2, -0.15) is 0 Å². The Hall–Kier alpha value is -1.36. The van der Waals surface area contributed by atoms with Crippen LogP contribution in [0.25, 0.3) is 0 Å². The molecule has 5 nitrogen and oxygen atoms in total. The summed E-state index contributed by atoms with van der Waals surface area (Å²) >= 11 is 0. The Kier molecular flexibility index (Phi) is 1.98. The van der Waals surface area contributed by atoms with Gasteiger partial charge in [0.2, 0.25) is 0 Å². The summed E-state index contributed by atoms with van der Waals surface area (Å²) in [5, 5.41) is 3.34. The summed E-state index contributed by atoms with van der Waals surface area (Å²) < 4.78 is 5.75. The fourth-order valence-corrected chi connectivity index (χ4v) is 2.43. The Morgan fingerprint density at radius 2 is 2.40 bits per heavy atom. The summed E-state index contributed by atoms with van der Waals surface area (Å²) in [6.07, 6.45) is 7.31. The number of nitrogen functional groups attached to an aromatic ring is 1. The van der Waals surface area contributed by atoms with E-state index in [9.17, 15) is 0 Å². The van der Waals surface area contributed by atoms with Gasteiger partial charge in [-0.25, -0.2) is 9.97 Å². The van der Waals surface area contributed by atoms with E-state index in [1.165, 1.54) is 12.7 Å². The van der Waals surface area contributed by atoms with Gasteiger partial charge in [0.25, 0.3) is 0 Å². The lowest BCUT2D eigenvalue weighted by Gasteiger charge is -2.20. The molecule has 1 aromatic heterocycles. The zero-order chi connectivity index (χ0) is 10.3. The van der Waals surface area contributed by atoms with Gasteiger partial charge in [-0.15, -0.1) is 0 Å². The molecule has 3 heterocycles. The second-order valence-electron chi connectivity index (χ2n) is 4.19. The number of nitrogens with two attached hydrogens (primary N) is 1. The van der Waals surface area contributed by atoms with Crippen molar-refractivity contribution >= 4 is 11.5 Å². The van der Waals surface area contributed by atoms with Gasteiger partial charge in [0.1, 0.15) is 6.33 Å². The molecule has 3 unspecified atom stereocenters. The molecule has 80 valence electrons. The van der Waals surface area contributed by atoms with Crippen LogP contribution in [0.2, 0.25) is 0 Å². The predicted molar refractivity (Wildman–Crippen MR) is 56.4 cm³/mol. The number of nitrogens with zero attached hydrogens (tertiary/aromatic N) is 2. The number of rotatable bonds is 2. The Morgan fingerprint density at radius 3 is 3.07 bits per heavy atom. The van der Waals surface area contributed by atoms with Crippen molar-refractivity contribution in [1.29, 1.82) is 0 Å². The van der Waals surface area contributed by atoms with Gasteiger partial charge < -0.3 is 15.8 Å². The highest BCUT2D eigenvalue weighted by molar-refractivity contribution is 5.59. The average Bonchev–Trinajstić information content (AvgIpc) is 2.83. The van der Waals surface area contributed by atoms with E-state index in [-0.39, 0.29) is 0 Å². The van der Waals surface area contributed by atoms with Crippen molar-refractivity contribution in [2.45, 2.75) is 37.5 Å². The Bertz CT molecular complexity index is 370. The van der Waals surface area contributed by atoms with Gasteiger partial charge >= 0.3 is 0 Å². The van der Waals surface area contributed by atoms with Gasteiger partial charge in [-0.05, 0) is 19.3 Å². The topological polar surface area (TPSA) is 73.1 Å². The second-order valence-corrected chi connectivity index (χ2v) is 4.19. The molecule has 0 radical (unpaired) electrons. The van der Waals surface area contributed by atoms with Gasteiger partial charge in [0.05, 0.1) is 30.1 Å². The van der Waals surface area contributed by atoms with Crippen LogP contribution in [-0.2, 0) is 4.74 Å². The molecule has 3 N–H and O–H groups in total. The molecular formula is C10H14N4O. The van der Waals surface area contributed by atoms with Gasteiger partial charge in [0, 0.05) is 0 Å². The van der Waals surface area contributed by atoms with E-state index in [1.54, 1.807) is 6.20 Å². The molecule has 3 atom stereocenters. The van der Waals surface area contributed by atoms with Crippen LogP contribution in [-0.4, -0.2) is 28.2 Å². The third-order valence-corrected chi connectivity index (χ3v) is 3.17. The Morgan fingerprint density at radius 1 is 1.47 bits per heavy atom. The first-order chi connectivity index (χ1) is 7.33. The number of hydrogen-bond acceptors (Lipinski definition) is 5. The minimum absolute atomic E-state index is 0.337. The number of ether oxygens (including phenoxy) is 1. The van der Waals surface area contributed by atoms with Crippen LogP contribution >= 0.6 is 0 Å². The standard InChI is InChI=1S/C10H14N4O/c11-7-4-12-5-13-10(7)14-8-3-6-1-2-9(8)15-6/h4-6,8-9H,1-3,11H2,(H,12,13,14). The lowest BCUT2D eigenvalue weighted by molar-refractivity contribution is 0.102. The molecule has 15 heavy (non-hydrogen) atoms. The van der Waals surface area contributed by atoms with Crippen LogP contribution in [0.3, 0.4) is 0 Å². The smallest absolute Gasteiger partial charge is 0.152 e. The molecule has 0 saturated carbocycles. The second kappa shape index (κ2) is 3.34. The molecule has 0 amide bonds. The molecule has 2 saturated heterocycles. The molecule has 2 aliphatic rings. The minimum atomic E-state index is 0.337. The molecule has 2 fully saturated rings. The normalized spacial score (nSPS) is 33.2. The number of hydrogen-bond donors (Lipinski definition) is 2. The van der Waals surface area contributed by atoms with Crippen molar-refractivity contribution in [3.63, 3.8) is 0 Å². The summed E-state index contributed by atoms with van der Waals surface area (Å²) in [4.78, 5) is 7.98. The summed E-state index contributed by atoms with van der Waals surface area (Å²) in [5.74, 6) is 0.728. The van der Waals surface area contributed by atoms with Crippen molar-refractivity contribution < 1.29 is 4.74 Å². The van der Waals surface area contributed by atoms with Gasteiger partial charge in [-0.1, -0.05) is 0 Å². The largest absolute Gasteiger partial charge is 0.394 e. The van der Waals surface area contributed by atoms with E-state index in [2.05, 4.69) is 15.3 Å². The maximum absolute atomic E-state index is 5.77. The summed E-state index contributed by atoms with van der Waals surface area (Å²) in [5.41, 5.74) is 6.37. The highest BCUT2D eigenvalue weighted by atomic mass is 16.5. The molecule has 2 aliphatic heterocycles. The lowest BCUT2D eigenvalue weighted by Crippen LogP contribution is -2.31. The molecular weight excluding hydrogens is 192 g/mol. The van der Waals surface area contributed by atoms with Crippen LogP contribution in [0, 0.1) is 0 Å². The van der Waals surface area contributed by atoms with E-state index in [0.29, 0.717) is 23.9 Å². The zero-order valence-electron chi connectivity index (χ0n) is 8.39. The van der Waals surface area contributed by atoms with Crippen molar-refractivity contribution in [1.82, 2.24) is 9.97 Å². The third kappa shape index (κ3) is 1.52. The molecule has 5 heteroatoms. The molecule has 2 bridgehead atoms. The van der Waals surface area contributed by atoms with Crippen LogP contribution < -0.4 is 11.1 Å². The van der Waals surface area contributed by atoms with E-state index < -0.39 is 0 Å². The number of anilines is 2. The van der Waals surface area contributed by atoms with Gasteiger partial charge in [-0.3, -0.25) is 0 Å². The molecule has 0 aromatic carbocycles. The van der Waals surface area contributed by atoms with Crippen molar-refractivity contribution in [3.8, 4) is 0 Å². The molecule has 0 spiro atoms. The maximum atomic E-state index is 5.77. The van der Waals surface area contributed by atoms with Crippen molar-refractivity contribution in [3.05, 3.63) is 12.5 Å². The molecule has 0 aliphatic carbocycles. The van der Waals surface area contributed by atoms with Crippen LogP contribution in [0.15, 0.2) is 12.5 Å². The highest BCUT2D eigenvalue weighted by Crippen LogP contribution is 2.36.